The number of amides is 2. The van der Waals surface area contributed by atoms with Gasteiger partial charge < -0.3 is 14.9 Å². The Morgan fingerprint density at radius 1 is 0.923 bits per heavy atom. The Balaban J connectivity index is 1.24. The van der Waals surface area contributed by atoms with Crippen molar-refractivity contribution < 1.29 is 27.9 Å². The molecule has 1 saturated carbocycles. The lowest BCUT2D eigenvalue weighted by Crippen LogP contribution is -2.42. The van der Waals surface area contributed by atoms with E-state index in [2.05, 4.69) is 0 Å². The third-order valence-corrected chi connectivity index (χ3v) is 9.39. The van der Waals surface area contributed by atoms with Crippen molar-refractivity contribution in [3.05, 3.63) is 57.6 Å². The molecule has 1 spiro atoms. The molecule has 2 heterocycles. The molecule has 0 atom stereocenters. The highest BCUT2D eigenvalue weighted by molar-refractivity contribution is 6.36. The summed E-state index contributed by atoms with van der Waals surface area (Å²) in [5.41, 5.74) is 2.25. The van der Waals surface area contributed by atoms with Crippen LogP contribution in [0, 0.1) is 11.3 Å². The number of carbonyl (C=O) groups is 2. The van der Waals surface area contributed by atoms with Gasteiger partial charge in [0, 0.05) is 47.4 Å². The fourth-order valence-electron chi connectivity index (χ4n) is 6.17. The Bertz CT molecular complexity index is 1210. The summed E-state index contributed by atoms with van der Waals surface area (Å²) >= 11 is 13.3. The first-order valence-corrected chi connectivity index (χ1v) is 14.1. The van der Waals surface area contributed by atoms with Gasteiger partial charge in [0.05, 0.1) is 17.4 Å². The number of carbonyl (C=O) groups excluding carboxylic acids is 2. The molecule has 2 saturated heterocycles. The van der Waals surface area contributed by atoms with E-state index in [1.54, 1.807) is 36.4 Å². The SMILES string of the molecule is O=C(c1ccc(-c2cc(Cl)c(CN3CC[C@]4(CC[C@H](O)CC4)C3=O)c(Cl)c2)cc1)N1CCC(C(F)(F)F)CC1. The summed E-state index contributed by atoms with van der Waals surface area (Å²) in [6.07, 6.45) is -1.22. The average Bonchev–Trinajstić information content (AvgIpc) is 3.21. The molecule has 0 radical (unpaired) electrons. The molecular formula is C29H31Cl2F3N2O3. The van der Waals surface area contributed by atoms with Crippen molar-refractivity contribution in [2.45, 2.75) is 63.8 Å². The lowest BCUT2D eigenvalue weighted by Gasteiger charge is -2.34. The van der Waals surface area contributed by atoms with Crippen molar-refractivity contribution in [2.24, 2.45) is 11.3 Å². The van der Waals surface area contributed by atoms with Crippen molar-refractivity contribution >= 4 is 35.0 Å². The summed E-state index contributed by atoms with van der Waals surface area (Å²) in [7, 11) is 0. The van der Waals surface area contributed by atoms with E-state index < -0.39 is 12.1 Å². The average molecular weight is 583 g/mol. The van der Waals surface area contributed by atoms with Gasteiger partial charge in [-0.3, -0.25) is 9.59 Å². The molecule has 0 unspecified atom stereocenters. The van der Waals surface area contributed by atoms with Crippen molar-refractivity contribution in [1.29, 1.82) is 0 Å². The van der Waals surface area contributed by atoms with Crippen LogP contribution in [0.2, 0.25) is 10.0 Å². The quantitative estimate of drug-likeness (QED) is 0.435. The molecule has 2 amide bonds. The maximum absolute atomic E-state index is 13.2. The summed E-state index contributed by atoms with van der Waals surface area (Å²) < 4.78 is 38.8. The van der Waals surface area contributed by atoms with Crippen LogP contribution in [0.4, 0.5) is 13.2 Å². The molecule has 39 heavy (non-hydrogen) atoms. The highest BCUT2D eigenvalue weighted by atomic mass is 35.5. The zero-order valence-corrected chi connectivity index (χ0v) is 23.0. The molecule has 3 aliphatic rings. The van der Waals surface area contributed by atoms with Crippen LogP contribution in [0.15, 0.2) is 36.4 Å². The molecule has 2 aromatic rings. The predicted octanol–water partition coefficient (Wildman–Crippen LogP) is 6.73. The van der Waals surface area contributed by atoms with Gasteiger partial charge in [-0.2, -0.15) is 13.2 Å². The molecule has 0 aromatic heterocycles. The number of nitrogens with zero attached hydrogens (tertiary/aromatic N) is 2. The molecule has 2 aliphatic heterocycles. The first-order chi connectivity index (χ1) is 18.5. The molecule has 2 aromatic carbocycles. The highest BCUT2D eigenvalue weighted by Gasteiger charge is 2.48. The number of likely N-dealkylation sites (tertiary alicyclic amines) is 2. The Hall–Kier alpha value is -2.29. The lowest BCUT2D eigenvalue weighted by atomic mass is 9.72. The maximum atomic E-state index is 13.2. The summed E-state index contributed by atoms with van der Waals surface area (Å²) in [6, 6.07) is 10.4. The van der Waals surface area contributed by atoms with E-state index in [9.17, 15) is 27.9 Å². The second kappa shape index (κ2) is 10.9. The molecule has 5 nitrogen and oxygen atoms in total. The van der Waals surface area contributed by atoms with Crippen LogP contribution in [-0.4, -0.2) is 58.6 Å². The number of halogens is 5. The largest absolute Gasteiger partial charge is 0.393 e. The van der Waals surface area contributed by atoms with Gasteiger partial charge >= 0.3 is 6.18 Å². The first-order valence-electron chi connectivity index (χ1n) is 13.4. The zero-order valence-electron chi connectivity index (χ0n) is 21.4. The number of hydrogen-bond donors (Lipinski definition) is 1. The van der Waals surface area contributed by atoms with Crippen LogP contribution in [0.3, 0.4) is 0 Å². The van der Waals surface area contributed by atoms with Crippen LogP contribution in [0.1, 0.15) is 60.9 Å². The minimum Gasteiger partial charge on any atom is -0.393 e. The lowest BCUT2D eigenvalue weighted by molar-refractivity contribution is -0.183. The van der Waals surface area contributed by atoms with Crippen LogP contribution >= 0.6 is 23.2 Å². The number of hydrogen-bond acceptors (Lipinski definition) is 3. The van der Waals surface area contributed by atoms with Gasteiger partial charge in [0.25, 0.3) is 5.91 Å². The zero-order chi connectivity index (χ0) is 27.9. The minimum absolute atomic E-state index is 0.0796. The first kappa shape index (κ1) is 28.2. The summed E-state index contributed by atoms with van der Waals surface area (Å²) in [5, 5.41) is 10.7. The van der Waals surface area contributed by atoms with E-state index in [1.165, 1.54) is 4.90 Å². The van der Waals surface area contributed by atoms with E-state index in [4.69, 9.17) is 23.2 Å². The number of piperidine rings is 1. The molecule has 1 N–H and O–H groups in total. The molecule has 3 fully saturated rings. The molecule has 0 bridgehead atoms. The summed E-state index contributed by atoms with van der Waals surface area (Å²) in [6.45, 7) is 1.12. The van der Waals surface area contributed by atoms with E-state index in [-0.39, 0.29) is 49.3 Å². The van der Waals surface area contributed by atoms with E-state index in [1.807, 2.05) is 4.90 Å². The Morgan fingerprint density at radius 3 is 2.08 bits per heavy atom. The van der Waals surface area contributed by atoms with Crippen LogP contribution in [0.25, 0.3) is 11.1 Å². The van der Waals surface area contributed by atoms with E-state index in [0.717, 1.165) is 17.5 Å². The molecular weight excluding hydrogens is 552 g/mol. The van der Waals surface area contributed by atoms with Crippen molar-refractivity contribution in [2.75, 3.05) is 19.6 Å². The van der Waals surface area contributed by atoms with Crippen molar-refractivity contribution in [1.82, 2.24) is 9.80 Å². The van der Waals surface area contributed by atoms with Gasteiger partial charge in [-0.15, -0.1) is 0 Å². The van der Waals surface area contributed by atoms with Gasteiger partial charge in [-0.1, -0.05) is 35.3 Å². The summed E-state index contributed by atoms with van der Waals surface area (Å²) in [5.74, 6) is -1.53. The highest BCUT2D eigenvalue weighted by Crippen LogP contribution is 2.46. The normalized spacial score (nSPS) is 24.6. The fourth-order valence-corrected chi connectivity index (χ4v) is 6.78. The van der Waals surface area contributed by atoms with Gasteiger partial charge in [0.2, 0.25) is 5.91 Å². The van der Waals surface area contributed by atoms with Crippen LogP contribution < -0.4 is 0 Å². The number of aliphatic hydroxyl groups excluding tert-OH is 1. The predicted molar refractivity (Wildman–Crippen MR) is 144 cm³/mol. The van der Waals surface area contributed by atoms with Crippen LogP contribution in [0.5, 0.6) is 0 Å². The van der Waals surface area contributed by atoms with Gasteiger partial charge in [-0.05, 0) is 80.3 Å². The third-order valence-electron chi connectivity index (χ3n) is 8.71. The standard InChI is InChI=1S/C29H31Cl2F3N2O3/c30-24-15-20(16-25(31)23(24)17-36-14-11-28(27(36)39)9-5-22(37)6-10-28)18-1-3-19(4-2-18)26(38)35-12-7-21(8-13-35)29(32,33)34/h1-4,15-16,21-22,37H,5-14,17H2/t22-,28+. The monoisotopic (exact) mass is 582 g/mol. The van der Waals surface area contributed by atoms with Gasteiger partial charge in [0.15, 0.2) is 0 Å². The Morgan fingerprint density at radius 2 is 1.51 bits per heavy atom. The van der Waals surface area contributed by atoms with E-state index >= 15 is 0 Å². The van der Waals surface area contributed by atoms with Crippen molar-refractivity contribution in [3.63, 3.8) is 0 Å². The smallest absolute Gasteiger partial charge is 0.391 e. The Labute approximate surface area is 235 Å². The van der Waals surface area contributed by atoms with Crippen molar-refractivity contribution in [3.8, 4) is 11.1 Å². The summed E-state index contributed by atoms with van der Waals surface area (Å²) in [4.78, 5) is 29.4. The van der Waals surface area contributed by atoms with E-state index in [0.29, 0.717) is 59.9 Å². The molecule has 210 valence electrons. The fraction of sp³-hybridized carbons (Fsp3) is 0.517. The maximum Gasteiger partial charge on any atom is 0.391 e. The Kier molecular flexibility index (Phi) is 7.92. The second-order valence-corrected chi connectivity index (χ2v) is 11.9. The third kappa shape index (κ3) is 5.79. The molecule has 1 aliphatic carbocycles. The molecule has 10 heteroatoms. The topological polar surface area (TPSA) is 60.9 Å². The molecule has 5 rings (SSSR count). The number of benzene rings is 2. The number of aliphatic hydroxyl groups is 1. The minimum atomic E-state index is -4.22. The second-order valence-electron chi connectivity index (χ2n) is 11.1. The number of rotatable bonds is 4. The van der Waals surface area contributed by atoms with Gasteiger partial charge in [-0.25, -0.2) is 0 Å². The van der Waals surface area contributed by atoms with Gasteiger partial charge in [0.1, 0.15) is 0 Å². The number of alkyl halides is 3. The van der Waals surface area contributed by atoms with Crippen LogP contribution in [-0.2, 0) is 11.3 Å².